The highest BCUT2D eigenvalue weighted by Gasteiger charge is 2.30. The molecule has 0 aliphatic carbocycles. The molecule has 1 N–H and O–H groups in total. The number of thioether (sulfide) groups is 1. The van der Waals surface area contributed by atoms with Crippen molar-refractivity contribution in [3.05, 3.63) is 64.0 Å². The summed E-state index contributed by atoms with van der Waals surface area (Å²) in [5, 5.41) is 9.56. The van der Waals surface area contributed by atoms with E-state index in [9.17, 15) is 18.0 Å². The number of alkyl halides is 3. The second-order valence-corrected chi connectivity index (χ2v) is 9.60. The van der Waals surface area contributed by atoms with Crippen LogP contribution < -0.4 is 0 Å². The Balaban J connectivity index is 1.54. The molecule has 0 radical (unpaired) electrons. The summed E-state index contributed by atoms with van der Waals surface area (Å²) in [5.74, 6) is 0.0828. The lowest BCUT2D eigenvalue weighted by molar-refractivity contribution is -0.138. The fourth-order valence-electron chi connectivity index (χ4n) is 3.24. The molecule has 5 nitrogen and oxygen atoms in total. The van der Waals surface area contributed by atoms with Gasteiger partial charge >= 0.3 is 12.1 Å². The van der Waals surface area contributed by atoms with Gasteiger partial charge in [-0.2, -0.15) is 13.2 Å². The van der Waals surface area contributed by atoms with Crippen molar-refractivity contribution in [2.75, 3.05) is 0 Å². The average molecular weight is 493 g/mol. The summed E-state index contributed by atoms with van der Waals surface area (Å²) in [6, 6.07) is 8.90. The largest absolute Gasteiger partial charge is 0.481 e. The van der Waals surface area contributed by atoms with E-state index in [2.05, 4.69) is 9.97 Å². The maximum atomic E-state index is 12.8. The topological polar surface area (TPSA) is 76.2 Å². The number of thiazole rings is 1. The van der Waals surface area contributed by atoms with Crippen LogP contribution in [0.4, 0.5) is 13.2 Å². The number of fused-ring (bicyclic) bond motifs is 1. The number of oxazole rings is 1. The number of hydrogen-bond acceptors (Lipinski definition) is 6. The number of carboxylic acid groups (broad SMARTS) is 1. The van der Waals surface area contributed by atoms with Crippen molar-refractivity contribution in [1.82, 2.24) is 9.97 Å². The lowest BCUT2D eigenvalue weighted by Crippen LogP contribution is -2.03. The number of carboxylic acids is 1. The number of carbonyl (C=O) groups is 1. The lowest BCUT2D eigenvalue weighted by atomic mass is 10.1. The minimum absolute atomic E-state index is 0.0545. The minimum Gasteiger partial charge on any atom is -0.481 e. The molecule has 2 heterocycles. The smallest absolute Gasteiger partial charge is 0.416 e. The summed E-state index contributed by atoms with van der Waals surface area (Å²) in [4.78, 5) is 21.7. The molecule has 2 aromatic carbocycles. The van der Waals surface area contributed by atoms with Crippen LogP contribution in [0.2, 0.25) is 0 Å². The number of aryl methyl sites for hydroxylation is 3. The van der Waals surface area contributed by atoms with Gasteiger partial charge in [0.05, 0.1) is 22.6 Å². The van der Waals surface area contributed by atoms with Crippen molar-refractivity contribution in [2.45, 2.75) is 43.5 Å². The molecule has 0 amide bonds. The summed E-state index contributed by atoms with van der Waals surface area (Å²) >= 11 is 3.00. The van der Waals surface area contributed by atoms with Gasteiger partial charge in [-0.05, 0) is 43.7 Å². The fourth-order valence-corrected chi connectivity index (χ4v) is 5.56. The van der Waals surface area contributed by atoms with Crippen molar-refractivity contribution in [3.63, 3.8) is 0 Å². The minimum atomic E-state index is -4.37. The summed E-state index contributed by atoms with van der Waals surface area (Å²) in [5.41, 5.74) is 3.10. The second-order valence-electron chi connectivity index (χ2n) is 7.50. The van der Waals surface area contributed by atoms with Crippen LogP contribution in [0.25, 0.3) is 21.7 Å². The zero-order valence-corrected chi connectivity index (χ0v) is 19.3. The van der Waals surface area contributed by atoms with E-state index in [1.165, 1.54) is 23.5 Å². The molecule has 0 atom stereocenters. The molecule has 4 aromatic rings. The Labute approximate surface area is 195 Å². The summed E-state index contributed by atoms with van der Waals surface area (Å²) in [7, 11) is 0. The molecule has 0 unspecified atom stereocenters. The molecule has 0 aliphatic heterocycles. The zero-order chi connectivity index (χ0) is 23.8. The Kier molecular flexibility index (Phi) is 6.49. The van der Waals surface area contributed by atoms with Gasteiger partial charge in [0.1, 0.15) is 10.5 Å². The van der Waals surface area contributed by atoms with E-state index in [0.29, 0.717) is 33.3 Å². The molecule has 0 saturated heterocycles. The van der Waals surface area contributed by atoms with Crippen molar-refractivity contribution < 1.29 is 27.5 Å². The summed E-state index contributed by atoms with van der Waals surface area (Å²) in [6.45, 7) is 3.83. The first-order valence-corrected chi connectivity index (χ1v) is 11.8. The van der Waals surface area contributed by atoms with Gasteiger partial charge in [0.25, 0.3) is 0 Å². The molecule has 172 valence electrons. The molecule has 2 aromatic heterocycles. The lowest BCUT2D eigenvalue weighted by Gasteiger charge is -2.06. The monoisotopic (exact) mass is 492 g/mol. The van der Waals surface area contributed by atoms with Crippen LogP contribution in [0.3, 0.4) is 0 Å². The Morgan fingerprint density at radius 1 is 1.15 bits per heavy atom. The average Bonchev–Trinajstić information content (AvgIpc) is 3.33. The van der Waals surface area contributed by atoms with E-state index < -0.39 is 17.7 Å². The predicted molar refractivity (Wildman–Crippen MR) is 122 cm³/mol. The van der Waals surface area contributed by atoms with E-state index in [0.717, 1.165) is 33.2 Å². The van der Waals surface area contributed by atoms with E-state index >= 15 is 0 Å². The quantitative estimate of drug-likeness (QED) is 0.283. The Morgan fingerprint density at radius 3 is 2.55 bits per heavy atom. The summed E-state index contributed by atoms with van der Waals surface area (Å²) < 4.78 is 44.3. The second kappa shape index (κ2) is 9.18. The molecular weight excluding hydrogens is 473 g/mol. The third-order valence-corrected chi connectivity index (χ3v) is 7.34. The van der Waals surface area contributed by atoms with E-state index in [1.54, 1.807) is 11.8 Å². The van der Waals surface area contributed by atoms with Crippen molar-refractivity contribution in [2.24, 2.45) is 0 Å². The molecule has 4 rings (SSSR count). The highest BCUT2D eigenvalue weighted by molar-refractivity contribution is 7.98. The molecule has 0 bridgehead atoms. The number of aliphatic carboxylic acids is 1. The number of halogens is 3. The first-order chi connectivity index (χ1) is 15.6. The maximum absolute atomic E-state index is 12.8. The normalized spacial score (nSPS) is 11.9. The van der Waals surface area contributed by atoms with Gasteiger partial charge in [-0.3, -0.25) is 4.79 Å². The molecule has 33 heavy (non-hydrogen) atoms. The highest BCUT2D eigenvalue weighted by Crippen LogP contribution is 2.37. The first-order valence-electron chi connectivity index (χ1n) is 9.99. The molecular formula is C23H19F3N2O3S2. The number of aromatic nitrogens is 2. The number of hydrogen-bond donors (Lipinski definition) is 1. The standard InChI is InChI=1S/C23H19F3N2O3S2/c1-12-9-16-21(31-19(28-16)7-8-20(29)30)17(10-12)32-11-18-13(2)27-22(33-18)14-3-5-15(6-4-14)23(24,25)26/h3-6,9-10H,7-8,11H2,1-2H3,(H,29,30). The Hall–Kier alpha value is -2.85. The molecule has 0 saturated carbocycles. The summed E-state index contributed by atoms with van der Waals surface area (Å²) in [6.07, 6.45) is -4.20. The number of rotatable bonds is 7. The van der Waals surface area contributed by atoms with Crippen molar-refractivity contribution in [1.29, 1.82) is 0 Å². The van der Waals surface area contributed by atoms with E-state index in [1.807, 2.05) is 26.0 Å². The van der Waals surface area contributed by atoms with Crippen LogP contribution in [0, 0.1) is 13.8 Å². The van der Waals surface area contributed by atoms with Gasteiger partial charge in [0.2, 0.25) is 0 Å². The zero-order valence-electron chi connectivity index (χ0n) is 17.7. The predicted octanol–water partition coefficient (Wildman–Crippen LogP) is 6.90. The fraction of sp³-hybridized carbons (Fsp3) is 0.261. The third-order valence-electron chi connectivity index (χ3n) is 4.91. The van der Waals surface area contributed by atoms with Crippen molar-refractivity contribution >= 4 is 40.2 Å². The van der Waals surface area contributed by atoms with Gasteiger partial charge in [-0.1, -0.05) is 12.1 Å². The van der Waals surface area contributed by atoms with Gasteiger partial charge in [-0.15, -0.1) is 23.1 Å². The van der Waals surface area contributed by atoms with Gasteiger partial charge in [0.15, 0.2) is 11.5 Å². The van der Waals surface area contributed by atoms with Crippen LogP contribution >= 0.6 is 23.1 Å². The van der Waals surface area contributed by atoms with Crippen LogP contribution in [-0.2, 0) is 23.1 Å². The molecule has 0 aliphatic rings. The van der Waals surface area contributed by atoms with Crippen molar-refractivity contribution in [3.8, 4) is 10.6 Å². The van der Waals surface area contributed by atoms with Gasteiger partial charge < -0.3 is 9.52 Å². The van der Waals surface area contributed by atoms with E-state index in [4.69, 9.17) is 9.52 Å². The van der Waals surface area contributed by atoms with Gasteiger partial charge in [0, 0.05) is 22.6 Å². The van der Waals surface area contributed by atoms with Crippen LogP contribution in [0.15, 0.2) is 45.7 Å². The number of benzene rings is 2. The van der Waals surface area contributed by atoms with Crippen LogP contribution in [0.5, 0.6) is 0 Å². The van der Waals surface area contributed by atoms with E-state index in [-0.39, 0.29) is 12.8 Å². The Morgan fingerprint density at radius 2 is 1.88 bits per heavy atom. The SMILES string of the molecule is Cc1cc(SCc2sc(-c3ccc(C(F)(F)F)cc3)nc2C)c2oc(CCC(=O)O)nc2c1. The molecule has 0 spiro atoms. The first kappa shape index (κ1) is 23.3. The number of nitrogens with zero attached hydrogens (tertiary/aromatic N) is 2. The molecule has 0 fully saturated rings. The van der Waals surface area contributed by atoms with Gasteiger partial charge in [-0.25, -0.2) is 9.97 Å². The molecule has 10 heteroatoms. The Bertz CT molecular complexity index is 1310. The van der Waals surface area contributed by atoms with Crippen LogP contribution in [0.1, 0.15) is 34.0 Å². The third kappa shape index (κ3) is 5.39. The van der Waals surface area contributed by atoms with Crippen LogP contribution in [-0.4, -0.2) is 21.0 Å². The highest BCUT2D eigenvalue weighted by atomic mass is 32.2. The maximum Gasteiger partial charge on any atom is 0.416 e.